The Hall–Kier alpha value is -0.640. The molecule has 1 heterocycles. The van der Waals surface area contributed by atoms with Crippen LogP contribution in [0.15, 0.2) is 0 Å². The zero-order valence-electron chi connectivity index (χ0n) is 8.18. The Balaban J connectivity index is 2.90. The van der Waals surface area contributed by atoms with E-state index in [0.717, 1.165) is 6.42 Å². The summed E-state index contributed by atoms with van der Waals surface area (Å²) in [6.45, 7) is 2.13. The molecule has 14 heavy (non-hydrogen) atoms. The van der Waals surface area contributed by atoms with Crippen LogP contribution in [0.5, 0.6) is 0 Å². The molecule has 0 bridgehead atoms. The molecule has 1 rings (SSSR count). The van der Waals surface area contributed by atoms with Crippen molar-refractivity contribution in [1.29, 1.82) is 5.26 Å². The minimum absolute atomic E-state index is 0.308. The molecule has 0 aromatic carbocycles. The highest BCUT2D eigenvalue weighted by atomic mass is 32.2. The fraction of sp³-hybridized carbons (Fsp3) is 0.875. The lowest BCUT2D eigenvalue weighted by Crippen LogP contribution is -2.45. The van der Waals surface area contributed by atoms with Crippen molar-refractivity contribution in [3.8, 4) is 6.07 Å². The number of sulfonamides is 1. The smallest absolute Gasteiger partial charge is 0.231 e. The molecule has 0 amide bonds. The Morgan fingerprint density at radius 1 is 1.71 bits per heavy atom. The number of hydrogen-bond acceptors (Lipinski definition) is 4. The number of nitrogens with two attached hydrogens (primary N) is 1. The van der Waals surface area contributed by atoms with Gasteiger partial charge < -0.3 is 5.73 Å². The van der Waals surface area contributed by atoms with Crippen LogP contribution in [0.1, 0.15) is 26.2 Å². The van der Waals surface area contributed by atoms with E-state index in [1.54, 1.807) is 13.0 Å². The van der Waals surface area contributed by atoms with Gasteiger partial charge in [-0.15, -0.1) is 0 Å². The molecule has 0 spiro atoms. The Labute approximate surface area is 84.5 Å². The predicted molar refractivity (Wildman–Crippen MR) is 52.5 cm³/mol. The fourth-order valence-electron chi connectivity index (χ4n) is 1.61. The molecule has 1 aliphatic rings. The van der Waals surface area contributed by atoms with Gasteiger partial charge in [0.1, 0.15) is 0 Å². The number of nitrogens with zero attached hydrogens (tertiary/aromatic N) is 2. The molecule has 2 unspecified atom stereocenters. The van der Waals surface area contributed by atoms with E-state index in [1.165, 1.54) is 4.31 Å². The Kier molecular flexibility index (Phi) is 3.48. The van der Waals surface area contributed by atoms with Gasteiger partial charge in [0.15, 0.2) is 5.25 Å². The van der Waals surface area contributed by atoms with Gasteiger partial charge in [-0.05, 0) is 19.3 Å². The van der Waals surface area contributed by atoms with Crippen LogP contribution in [-0.4, -0.2) is 30.7 Å². The summed E-state index contributed by atoms with van der Waals surface area (Å²) in [5, 5.41) is 7.76. The first-order valence-corrected chi connectivity index (χ1v) is 6.20. The van der Waals surface area contributed by atoms with E-state index in [-0.39, 0.29) is 0 Å². The van der Waals surface area contributed by atoms with Crippen molar-refractivity contribution >= 4 is 10.0 Å². The second-order valence-electron chi connectivity index (χ2n) is 3.39. The van der Waals surface area contributed by atoms with E-state index < -0.39 is 21.4 Å². The van der Waals surface area contributed by atoms with Crippen molar-refractivity contribution in [2.45, 2.75) is 37.6 Å². The van der Waals surface area contributed by atoms with Crippen LogP contribution in [0.25, 0.3) is 0 Å². The van der Waals surface area contributed by atoms with Crippen molar-refractivity contribution in [2.75, 3.05) is 6.54 Å². The second-order valence-corrected chi connectivity index (χ2v) is 5.46. The molecule has 1 saturated heterocycles. The monoisotopic (exact) mass is 217 g/mol. The van der Waals surface area contributed by atoms with Crippen LogP contribution in [-0.2, 0) is 10.0 Å². The molecule has 0 aromatic rings. The third kappa shape index (κ3) is 1.90. The van der Waals surface area contributed by atoms with Crippen molar-refractivity contribution in [3.63, 3.8) is 0 Å². The van der Waals surface area contributed by atoms with E-state index in [2.05, 4.69) is 0 Å². The summed E-state index contributed by atoms with van der Waals surface area (Å²) in [6.07, 6.45) is 1.33. The molecule has 2 N–H and O–H groups in total. The van der Waals surface area contributed by atoms with Gasteiger partial charge in [0.05, 0.1) is 12.2 Å². The van der Waals surface area contributed by atoms with E-state index in [0.29, 0.717) is 19.4 Å². The summed E-state index contributed by atoms with van der Waals surface area (Å²) in [4.78, 5) is 0. The van der Waals surface area contributed by atoms with Crippen LogP contribution in [0.2, 0.25) is 0 Å². The van der Waals surface area contributed by atoms with Gasteiger partial charge in [0.25, 0.3) is 0 Å². The molecule has 80 valence electrons. The normalized spacial score (nSPS) is 25.9. The highest BCUT2D eigenvalue weighted by Crippen LogP contribution is 2.21. The van der Waals surface area contributed by atoms with Gasteiger partial charge >= 0.3 is 0 Å². The first-order valence-electron chi connectivity index (χ1n) is 4.70. The lowest BCUT2D eigenvalue weighted by atomic mass is 10.3. The summed E-state index contributed by atoms with van der Waals surface area (Å²) >= 11 is 0. The molecule has 0 saturated carbocycles. The van der Waals surface area contributed by atoms with Gasteiger partial charge in [-0.2, -0.15) is 9.57 Å². The standard InChI is InChI=1S/C8H15N3O2S/c1-2-7(6-9)14(12,13)11-5-3-4-8(11)10/h7-8H,2-5,10H2,1H3. The van der Waals surface area contributed by atoms with Crippen molar-refractivity contribution in [1.82, 2.24) is 4.31 Å². The summed E-state index contributed by atoms with van der Waals surface area (Å²) in [5.74, 6) is 0. The molecular weight excluding hydrogens is 202 g/mol. The molecule has 6 heteroatoms. The molecular formula is C8H15N3O2S. The minimum atomic E-state index is -3.50. The van der Waals surface area contributed by atoms with Gasteiger partial charge in [-0.1, -0.05) is 6.92 Å². The summed E-state index contributed by atoms with van der Waals surface area (Å²) in [7, 11) is -3.50. The van der Waals surface area contributed by atoms with Crippen molar-refractivity contribution < 1.29 is 8.42 Å². The summed E-state index contributed by atoms with van der Waals surface area (Å²) in [6, 6.07) is 1.80. The number of rotatable bonds is 3. The van der Waals surface area contributed by atoms with Crippen LogP contribution >= 0.6 is 0 Å². The van der Waals surface area contributed by atoms with Crippen molar-refractivity contribution in [3.05, 3.63) is 0 Å². The van der Waals surface area contributed by atoms with Crippen LogP contribution in [0.3, 0.4) is 0 Å². The Bertz CT molecular complexity index is 333. The molecule has 1 fully saturated rings. The zero-order chi connectivity index (χ0) is 10.8. The largest absolute Gasteiger partial charge is 0.315 e. The third-order valence-corrected chi connectivity index (χ3v) is 4.71. The second kappa shape index (κ2) is 4.26. The molecule has 0 aromatic heterocycles. The highest BCUT2D eigenvalue weighted by Gasteiger charge is 2.36. The van der Waals surface area contributed by atoms with Crippen LogP contribution in [0, 0.1) is 11.3 Å². The maximum Gasteiger partial charge on any atom is 0.231 e. The first kappa shape index (κ1) is 11.4. The lowest BCUT2D eigenvalue weighted by Gasteiger charge is -2.22. The molecule has 1 aliphatic heterocycles. The lowest BCUT2D eigenvalue weighted by molar-refractivity contribution is 0.392. The van der Waals surface area contributed by atoms with Gasteiger partial charge in [0, 0.05) is 6.54 Å². The van der Waals surface area contributed by atoms with Gasteiger partial charge in [0.2, 0.25) is 10.0 Å². The quantitative estimate of drug-likeness (QED) is 0.720. The van der Waals surface area contributed by atoms with Crippen molar-refractivity contribution in [2.24, 2.45) is 5.73 Å². The Morgan fingerprint density at radius 2 is 2.36 bits per heavy atom. The van der Waals surface area contributed by atoms with E-state index in [9.17, 15) is 8.42 Å². The van der Waals surface area contributed by atoms with E-state index >= 15 is 0 Å². The molecule has 5 nitrogen and oxygen atoms in total. The topological polar surface area (TPSA) is 87.2 Å². The minimum Gasteiger partial charge on any atom is -0.315 e. The Morgan fingerprint density at radius 3 is 2.71 bits per heavy atom. The van der Waals surface area contributed by atoms with Gasteiger partial charge in [-0.3, -0.25) is 0 Å². The number of hydrogen-bond donors (Lipinski definition) is 1. The van der Waals surface area contributed by atoms with Crippen LogP contribution < -0.4 is 5.73 Å². The first-order chi connectivity index (χ1) is 6.54. The summed E-state index contributed by atoms with van der Waals surface area (Å²) < 4.78 is 24.9. The molecule has 0 radical (unpaired) electrons. The van der Waals surface area contributed by atoms with Gasteiger partial charge in [-0.25, -0.2) is 8.42 Å². The average Bonchev–Trinajstić information content (AvgIpc) is 2.53. The molecule has 0 aliphatic carbocycles. The maximum absolute atomic E-state index is 11.8. The number of nitriles is 1. The fourth-order valence-corrected chi connectivity index (χ4v) is 3.36. The highest BCUT2D eigenvalue weighted by molar-refractivity contribution is 7.90. The average molecular weight is 217 g/mol. The van der Waals surface area contributed by atoms with E-state index in [1.807, 2.05) is 0 Å². The SMILES string of the molecule is CCC(C#N)S(=O)(=O)N1CCCC1N. The summed E-state index contributed by atoms with van der Waals surface area (Å²) in [5.41, 5.74) is 5.65. The predicted octanol–water partition coefficient (Wildman–Crippen LogP) is -0.00102. The van der Waals surface area contributed by atoms with E-state index in [4.69, 9.17) is 11.0 Å². The zero-order valence-corrected chi connectivity index (χ0v) is 9.00. The molecule has 2 atom stereocenters. The third-order valence-electron chi connectivity index (χ3n) is 2.45. The van der Waals surface area contributed by atoms with Crippen LogP contribution in [0.4, 0.5) is 0 Å². The maximum atomic E-state index is 11.8.